The van der Waals surface area contributed by atoms with Crippen molar-refractivity contribution in [2.24, 2.45) is 0 Å². The summed E-state index contributed by atoms with van der Waals surface area (Å²) < 4.78 is 5.18. The maximum absolute atomic E-state index is 12.0. The number of nitrogens with one attached hydrogen (secondary N) is 1. The third-order valence-corrected chi connectivity index (χ3v) is 3.70. The van der Waals surface area contributed by atoms with Crippen molar-refractivity contribution in [2.45, 2.75) is 6.54 Å². The number of fused-ring (bicyclic) bond motifs is 1. The number of carbonyl (C=O) groups is 1. The number of hydrogen-bond acceptors (Lipinski definition) is 3. The first kappa shape index (κ1) is 15.7. The summed E-state index contributed by atoms with van der Waals surface area (Å²) in [7, 11) is 1.62. The molecule has 24 heavy (non-hydrogen) atoms. The molecule has 1 heterocycles. The fourth-order valence-corrected chi connectivity index (χ4v) is 2.46. The Bertz CT molecular complexity index is 882. The lowest BCUT2D eigenvalue weighted by atomic mass is 10.1. The van der Waals surface area contributed by atoms with Crippen molar-refractivity contribution in [3.63, 3.8) is 0 Å². The fourth-order valence-electron chi connectivity index (χ4n) is 2.46. The molecule has 0 bridgehead atoms. The van der Waals surface area contributed by atoms with Crippen LogP contribution in [0.1, 0.15) is 11.1 Å². The SMILES string of the molecule is COc1cccc(CNC(=O)/C=C\c2ccnc3ccccc23)c1. The molecule has 3 rings (SSSR count). The van der Waals surface area contributed by atoms with Gasteiger partial charge in [-0.1, -0.05) is 30.3 Å². The lowest BCUT2D eigenvalue weighted by molar-refractivity contribution is -0.116. The van der Waals surface area contributed by atoms with Gasteiger partial charge >= 0.3 is 0 Å². The number of methoxy groups -OCH3 is 1. The standard InChI is InChI=1S/C20H18N2O2/c1-24-17-6-4-5-15(13-17)14-22-20(23)10-9-16-11-12-21-19-8-3-2-7-18(16)19/h2-13H,14H2,1H3,(H,22,23)/b10-9-. The lowest BCUT2D eigenvalue weighted by Gasteiger charge is -2.05. The van der Waals surface area contributed by atoms with Crippen molar-refractivity contribution in [1.29, 1.82) is 0 Å². The molecule has 0 spiro atoms. The predicted octanol–water partition coefficient (Wildman–Crippen LogP) is 3.57. The van der Waals surface area contributed by atoms with Crippen LogP contribution in [0.25, 0.3) is 17.0 Å². The molecule has 2 aromatic carbocycles. The van der Waals surface area contributed by atoms with E-state index in [0.717, 1.165) is 27.8 Å². The molecular formula is C20H18N2O2. The summed E-state index contributed by atoms with van der Waals surface area (Å²) in [6.07, 6.45) is 5.10. The van der Waals surface area contributed by atoms with Crippen LogP contribution >= 0.6 is 0 Å². The molecule has 4 nitrogen and oxygen atoms in total. The van der Waals surface area contributed by atoms with Gasteiger partial charge in [-0.2, -0.15) is 0 Å². The zero-order valence-electron chi connectivity index (χ0n) is 13.4. The zero-order valence-corrected chi connectivity index (χ0v) is 13.4. The molecule has 0 saturated carbocycles. The highest BCUT2D eigenvalue weighted by Gasteiger charge is 2.01. The number of nitrogens with zero attached hydrogens (tertiary/aromatic N) is 1. The predicted molar refractivity (Wildman–Crippen MR) is 95.6 cm³/mol. The van der Waals surface area contributed by atoms with Crippen molar-refractivity contribution < 1.29 is 9.53 Å². The molecule has 0 aliphatic carbocycles. The van der Waals surface area contributed by atoms with Gasteiger partial charge < -0.3 is 10.1 Å². The van der Waals surface area contributed by atoms with E-state index in [1.807, 2.05) is 60.7 Å². The molecule has 4 heteroatoms. The van der Waals surface area contributed by atoms with E-state index in [4.69, 9.17) is 4.74 Å². The van der Waals surface area contributed by atoms with Crippen molar-refractivity contribution in [1.82, 2.24) is 10.3 Å². The van der Waals surface area contributed by atoms with Crippen LogP contribution in [0.5, 0.6) is 5.75 Å². The van der Waals surface area contributed by atoms with Gasteiger partial charge in [0.2, 0.25) is 5.91 Å². The maximum Gasteiger partial charge on any atom is 0.244 e. The van der Waals surface area contributed by atoms with E-state index < -0.39 is 0 Å². The minimum absolute atomic E-state index is 0.140. The van der Waals surface area contributed by atoms with Crippen molar-refractivity contribution in [3.8, 4) is 5.75 Å². The largest absolute Gasteiger partial charge is 0.497 e. The average molecular weight is 318 g/mol. The summed E-state index contributed by atoms with van der Waals surface area (Å²) in [5, 5.41) is 3.90. The van der Waals surface area contributed by atoms with Gasteiger partial charge in [-0.05, 0) is 41.5 Å². The van der Waals surface area contributed by atoms with Crippen LogP contribution in [0, 0.1) is 0 Å². The average Bonchev–Trinajstić information content (AvgIpc) is 2.64. The Balaban J connectivity index is 1.66. The number of pyridine rings is 1. The summed E-state index contributed by atoms with van der Waals surface area (Å²) in [6, 6.07) is 17.4. The quantitative estimate of drug-likeness (QED) is 0.732. The van der Waals surface area contributed by atoms with Gasteiger partial charge in [-0.3, -0.25) is 9.78 Å². The van der Waals surface area contributed by atoms with Crippen LogP contribution in [0.4, 0.5) is 0 Å². The van der Waals surface area contributed by atoms with Gasteiger partial charge in [0.1, 0.15) is 5.75 Å². The normalized spacial score (nSPS) is 10.9. The highest BCUT2D eigenvalue weighted by atomic mass is 16.5. The van der Waals surface area contributed by atoms with E-state index >= 15 is 0 Å². The molecule has 1 aromatic heterocycles. The van der Waals surface area contributed by atoms with E-state index in [0.29, 0.717) is 6.54 Å². The topological polar surface area (TPSA) is 51.2 Å². The van der Waals surface area contributed by atoms with Crippen molar-refractivity contribution in [2.75, 3.05) is 7.11 Å². The highest BCUT2D eigenvalue weighted by Crippen LogP contribution is 2.17. The summed E-state index contributed by atoms with van der Waals surface area (Å²) in [6.45, 7) is 0.456. The molecule has 3 aromatic rings. The van der Waals surface area contributed by atoms with E-state index in [9.17, 15) is 4.79 Å². The Hall–Kier alpha value is -3.14. The van der Waals surface area contributed by atoms with E-state index in [-0.39, 0.29) is 5.91 Å². The number of benzene rings is 2. The molecule has 0 atom stereocenters. The first-order chi connectivity index (χ1) is 11.8. The second-order valence-corrected chi connectivity index (χ2v) is 5.32. The number of para-hydroxylation sites is 1. The third kappa shape index (κ3) is 3.79. The Morgan fingerprint density at radius 3 is 2.92 bits per heavy atom. The van der Waals surface area contributed by atoms with Gasteiger partial charge in [0.05, 0.1) is 12.6 Å². The molecule has 0 radical (unpaired) electrons. The number of ether oxygens (including phenoxy) is 1. The lowest BCUT2D eigenvalue weighted by Crippen LogP contribution is -2.20. The van der Waals surface area contributed by atoms with Crippen molar-refractivity contribution in [3.05, 3.63) is 78.0 Å². The molecule has 1 N–H and O–H groups in total. The Labute approximate surface area is 140 Å². The second kappa shape index (κ2) is 7.42. The van der Waals surface area contributed by atoms with E-state index in [1.165, 1.54) is 0 Å². The number of rotatable bonds is 5. The van der Waals surface area contributed by atoms with Crippen LogP contribution in [0.2, 0.25) is 0 Å². The van der Waals surface area contributed by atoms with Crippen LogP contribution in [-0.4, -0.2) is 18.0 Å². The molecule has 120 valence electrons. The van der Waals surface area contributed by atoms with Crippen LogP contribution < -0.4 is 10.1 Å². The Morgan fingerprint density at radius 2 is 2.04 bits per heavy atom. The molecule has 0 aliphatic rings. The van der Waals surface area contributed by atoms with Crippen LogP contribution in [0.3, 0.4) is 0 Å². The summed E-state index contributed by atoms with van der Waals surface area (Å²) in [5.74, 6) is 0.638. The first-order valence-electron chi connectivity index (χ1n) is 7.69. The summed E-state index contributed by atoms with van der Waals surface area (Å²) >= 11 is 0. The van der Waals surface area contributed by atoms with Gasteiger partial charge in [0, 0.05) is 24.2 Å². The summed E-state index contributed by atoms with van der Waals surface area (Å²) in [4.78, 5) is 16.4. The fraction of sp³-hybridized carbons (Fsp3) is 0.100. The van der Waals surface area contributed by atoms with Gasteiger partial charge in [-0.15, -0.1) is 0 Å². The van der Waals surface area contributed by atoms with Gasteiger partial charge in [0.25, 0.3) is 0 Å². The Morgan fingerprint density at radius 1 is 1.17 bits per heavy atom. The molecule has 0 unspecified atom stereocenters. The Kier molecular flexibility index (Phi) is 4.87. The molecule has 0 saturated heterocycles. The number of hydrogen-bond donors (Lipinski definition) is 1. The van der Waals surface area contributed by atoms with Gasteiger partial charge in [-0.25, -0.2) is 0 Å². The minimum Gasteiger partial charge on any atom is -0.497 e. The smallest absolute Gasteiger partial charge is 0.244 e. The second-order valence-electron chi connectivity index (χ2n) is 5.32. The first-order valence-corrected chi connectivity index (χ1v) is 7.69. The van der Waals surface area contributed by atoms with E-state index in [2.05, 4.69) is 10.3 Å². The van der Waals surface area contributed by atoms with Crippen LogP contribution in [-0.2, 0) is 11.3 Å². The number of carbonyl (C=O) groups excluding carboxylic acids is 1. The van der Waals surface area contributed by atoms with Gasteiger partial charge in [0.15, 0.2) is 0 Å². The minimum atomic E-state index is -0.140. The zero-order chi connectivity index (χ0) is 16.8. The maximum atomic E-state index is 12.0. The number of amides is 1. The molecule has 0 fully saturated rings. The highest BCUT2D eigenvalue weighted by molar-refractivity contribution is 5.95. The monoisotopic (exact) mass is 318 g/mol. The summed E-state index contributed by atoms with van der Waals surface area (Å²) in [5.41, 5.74) is 2.87. The molecule has 1 amide bonds. The van der Waals surface area contributed by atoms with Crippen molar-refractivity contribution >= 4 is 22.9 Å². The number of aromatic nitrogens is 1. The van der Waals surface area contributed by atoms with Crippen LogP contribution in [0.15, 0.2) is 66.9 Å². The molecule has 0 aliphatic heterocycles. The van der Waals surface area contributed by atoms with E-state index in [1.54, 1.807) is 19.4 Å². The third-order valence-electron chi connectivity index (χ3n) is 3.70. The molecular weight excluding hydrogens is 300 g/mol.